The Hall–Kier alpha value is -8.28. The molecule has 0 bridgehead atoms. The second-order valence-electron chi connectivity index (χ2n) is 15.9. The number of aryl methyl sites for hydroxylation is 3. The van der Waals surface area contributed by atoms with Gasteiger partial charge in [0.15, 0.2) is 23.1 Å². The fraction of sp³-hybridized carbons (Fsp3) is 0.109. The molecule has 0 aromatic heterocycles. The van der Waals surface area contributed by atoms with Crippen LogP contribution < -0.4 is 22.1 Å². The molecule has 2 amide bonds. The first-order valence-corrected chi connectivity index (χ1v) is 21.9. The van der Waals surface area contributed by atoms with Crippen LogP contribution in [-0.2, 0) is 33.6 Å². The highest BCUT2D eigenvalue weighted by Gasteiger charge is 2.31. The molecule has 0 saturated carbocycles. The average molecular weight is 909 g/mol. The molecule has 0 saturated heterocycles. The van der Waals surface area contributed by atoms with E-state index in [1.807, 2.05) is 91.0 Å². The van der Waals surface area contributed by atoms with Gasteiger partial charge >= 0.3 is 0 Å². The van der Waals surface area contributed by atoms with E-state index in [-0.39, 0.29) is 51.3 Å². The third-order valence-electron chi connectivity index (χ3n) is 11.1. The first-order chi connectivity index (χ1) is 32.3. The zero-order chi connectivity index (χ0) is 47.5. The Morgan fingerprint density at radius 3 is 1.01 bits per heavy atom. The lowest BCUT2D eigenvalue weighted by Crippen LogP contribution is -2.22. The van der Waals surface area contributed by atoms with Crippen molar-refractivity contribution in [3.63, 3.8) is 0 Å². The number of hydrogen-bond donors (Lipinski definition) is 4. The highest BCUT2D eigenvalue weighted by molar-refractivity contribution is 6.63. The summed E-state index contributed by atoms with van der Waals surface area (Å²) in [6, 6.07) is 48.2. The van der Waals surface area contributed by atoms with Gasteiger partial charge in [0, 0.05) is 86.5 Å². The second-order valence-corrected chi connectivity index (χ2v) is 16.3. The lowest BCUT2D eigenvalue weighted by atomic mass is 9.83. The molecule has 2 aliphatic carbocycles. The number of fused-ring (bicyclic) bond motifs is 4. The second kappa shape index (κ2) is 21.6. The van der Waals surface area contributed by atoms with E-state index in [9.17, 15) is 33.6 Å². The molecule has 6 N–H and O–H groups in total. The van der Waals surface area contributed by atoms with Gasteiger partial charge < -0.3 is 22.1 Å². The molecule has 67 heavy (non-hydrogen) atoms. The van der Waals surface area contributed by atoms with Gasteiger partial charge in [0.05, 0.1) is 0 Å². The van der Waals surface area contributed by atoms with Crippen LogP contribution in [0.2, 0.25) is 0 Å². The van der Waals surface area contributed by atoms with Gasteiger partial charge in [-0.1, -0.05) is 91.0 Å². The highest BCUT2D eigenvalue weighted by Crippen LogP contribution is 2.32. The molecule has 334 valence electrons. The number of hydrogen-bond acceptors (Lipinski definition) is 9. The number of benzene rings is 7. The number of nitrogens with one attached hydrogen (secondary N) is 2. The highest BCUT2D eigenvalue weighted by atomic mass is 35.5. The van der Waals surface area contributed by atoms with Crippen molar-refractivity contribution in [1.82, 2.24) is 0 Å². The summed E-state index contributed by atoms with van der Waals surface area (Å²) in [5.74, 6) is -1.32. The van der Waals surface area contributed by atoms with Crippen LogP contribution in [0.4, 0.5) is 22.7 Å². The predicted octanol–water partition coefficient (Wildman–Crippen LogP) is 9.62. The minimum atomic E-state index is -0.324. The Kier molecular flexibility index (Phi) is 15.1. The molecule has 0 atom stereocenters. The van der Waals surface area contributed by atoms with E-state index >= 15 is 0 Å². The van der Waals surface area contributed by atoms with Crippen LogP contribution in [0.3, 0.4) is 0 Å². The van der Waals surface area contributed by atoms with Crippen LogP contribution in [-0.4, -0.2) is 40.2 Å². The average Bonchev–Trinajstić information content (AvgIpc) is 3.34. The van der Waals surface area contributed by atoms with Crippen molar-refractivity contribution >= 4 is 74.5 Å². The molecule has 0 fully saturated rings. The topological polar surface area (TPSA) is 196 Å². The molecular weight excluding hydrogens is 864 g/mol. The van der Waals surface area contributed by atoms with Crippen molar-refractivity contribution in [2.45, 2.75) is 38.5 Å². The van der Waals surface area contributed by atoms with E-state index in [2.05, 4.69) is 10.6 Å². The fourth-order valence-corrected chi connectivity index (χ4v) is 7.73. The number of nitrogens with two attached hydrogens (primary N) is 2. The van der Waals surface area contributed by atoms with Gasteiger partial charge in [-0.15, -0.1) is 0 Å². The number of rotatable bonds is 11. The van der Waals surface area contributed by atoms with Crippen molar-refractivity contribution in [1.29, 1.82) is 0 Å². The van der Waals surface area contributed by atoms with E-state index in [0.29, 0.717) is 88.2 Å². The third kappa shape index (κ3) is 11.9. The molecule has 0 heterocycles. The molecule has 2 aliphatic rings. The molecule has 0 radical (unpaired) electrons. The maximum Gasteiger partial charge on any atom is 0.224 e. The SMILES string of the molecule is Nc1ccc2c(c1)C(=O)c1cc(N)ccc1C2=O.O=C(CCc1ccccc1)Nc1ccc2c(c1)C(=O)c1cc(NC(=O)CCc3ccccc3)ccc1C2=O.O=C(Cl)CCc1ccccc1. The normalized spacial score (nSPS) is 11.8. The van der Waals surface area contributed by atoms with Crippen LogP contribution >= 0.6 is 11.6 Å². The smallest absolute Gasteiger partial charge is 0.224 e. The number of carbonyl (C=O) groups is 7. The summed E-state index contributed by atoms with van der Waals surface area (Å²) in [4.78, 5) is 86.4. The van der Waals surface area contributed by atoms with Crippen molar-refractivity contribution in [2.75, 3.05) is 22.1 Å². The van der Waals surface area contributed by atoms with Crippen LogP contribution in [0.15, 0.2) is 164 Å². The third-order valence-corrected chi connectivity index (χ3v) is 11.3. The van der Waals surface area contributed by atoms with Crippen molar-refractivity contribution < 1.29 is 33.6 Å². The van der Waals surface area contributed by atoms with Gasteiger partial charge in [-0.05, 0) is 120 Å². The summed E-state index contributed by atoms with van der Waals surface area (Å²) in [6.07, 6.45) is 2.95. The monoisotopic (exact) mass is 908 g/mol. The number of anilines is 4. The van der Waals surface area contributed by atoms with Gasteiger partial charge in [-0.25, -0.2) is 0 Å². The summed E-state index contributed by atoms with van der Waals surface area (Å²) < 4.78 is 0. The van der Waals surface area contributed by atoms with Crippen LogP contribution in [0.5, 0.6) is 0 Å². The standard InChI is InChI=1S/C32H26N2O4.C14H10N2O2.C9H9ClO/c35-29(17-11-21-7-3-1-4-8-21)33-23-13-15-25-27(19-23)32(38)28-20-24(14-16-26(28)31(25)37)34-30(36)18-12-22-9-5-2-6-10-22;15-7-1-3-9-11(5-7)14(18)12-6-8(16)2-4-10(12)13(9)17;10-9(11)7-6-8-4-2-1-3-5-8/h1-10,13-16,19-20H,11-12,17-18H2,(H,33,35)(H,34,36);1-6H,15-16H2;1-5H,6-7H2. The lowest BCUT2D eigenvalue weighted by Gasteiger charge is -2.19. The van der Waals surface area contributed by atoms with Crippen molar-refractivity contribution in [3.8, 4) is 0 Å². The Labute approximate surface area is 392 Å². The Morgan fingerprint density at radius 1 is 0.373 bits per heavy atom. The Balaban J connectivity index is 0.000000187. The molecule has 7 aromatic rings. The fourth-order valence-electron chi connectivity index (χ4n) is 7.63. The first-order valence-electron chi connectivity index (χ1n) is 21.5. The van der Waals surface area contributed by atoms with E-state index in [1.54, 1.807) is 60.7 Å². The van der Waals surface area contributed by atoms with Crippen LogP contribution in [0.25, 0.3) is 0 Å². The summed E-state index contributed by atoms with van der Waals surface area (Å²) in [5, 5.41) is 5.38. The molecule has 11 nitrogen and oxygen atoms in total. The number of halogens is 1. The van der Waals surface area contributed by atoms with E-state index in [1.165, 1.54) is 12.1 Å². The zero-order valence-electron chi connectivity index (χ0n) is 36.2. The number of amides is 2. The Bertz CT molecular complexity index is 2860. The van der Waals surface area contributed by atoms with E-state index in [4.69, 9.17) is 23.1 Å². The minimum absolute atomic E-state index is 0.167. The number of ketones is 4. The van der Waals surface area contributed by atoms with Gasteiger partial charge in [0.2, 0.25) is 17.1 Å². The molecule has 7 aromatic carbocycles. The molecule has 0 unspecified atom stereocenters. The molecular formula is C55H45ClN4O7. The number of nitrogen functional groups attached to an aromatic ring is 2. The van der Waals surface area contributed by atoms with Gasteiger partial charge in [0.1, 0.15) is 0 Å². The maximum absolute atomic E-state index is 13.4. The van der Waals surface area contributed by atoms with Gasteiger partial charge in [0.25, 0.3) is 0 Å². The lowest BCUT2D eigenvalue weighted by molar-refractivity contribution is -0.117. The van der Waals surface area contributed by atoms with Crippen LogP contribution in [0, 0.1) is 0 Å². The first kappa shape index (κ1) is 46.7. The summed E-state index contributed by atoms with van der Waals surface area (Å²) in [7, 11) is 0. The van der Waals surface area contributed by atoms with Gasteiger partial charge in [-0.2, -0.15) is 0 Å². The predicted molar refractivity (Wildman–Crippen MR) is 261 cm³/mol. The molecule has 9 rings (SSSR count). The largest absolute Gasteiger partial charge is 0.399 e. The maximum atomic E-state index is 13.4. The Morgan fingerprint density at radius 2 is 0.672 bits per heavy atom. The van der Waals surface area contributed by atoms with Crippen molar-refractivity contribution in [3.05, 3.63) is 225 Å². The minimum Gasteiger partial charge on any atom is -0.399 e. The number of carbonyl (C=O) groups excluding carboxylic acids is 7. The summed E-state index contributed by atoms with van der Waals surface area (Å²) in [6.45, 7) is 0. The van der Waals surface area contributed by atoms with Crippen LogP contribution in [0.1, 0.15) is 99.6 Å². The summed E-state index contributed by atoms with van der Waals surface area (Å²) in [5.41, 5.74) is 19.0. The molecule has 0 aliphatic heterocycles. The van der Waals surface area contributed by atoms with E-state index < -0.39 is 0 Å². The molecule has 0 spiro atoms. The van der Waals surface area contributed by atoms with Gasteiger partial charge in [-0.3, -0.25) is 33.6 Å². The van der Waals surface area contributed by atoms with Crippen molar-refractivity contribution in [2.24, 2.45) is 0 Å². The zero-order valence-corrected chi connectivity index (χ0v) is 37.0. The quantitative estimate of drug-likeness (QED) is 0.0722. The van der Waals surface area contributed by atoms with E-state index in [0.717, 1.165) is 23.1 Å². The summed E-state index contributed by atoms with van der Waals surface area (Å²) >= 11 is 5.19. The molecule has 12 heteroatoms.